The van der Waals surface area contributed by atoms with E-state index in [-0.39, 0.29) is 24.5 Å². The second-order valence-corrected chi connectivity index (χ2v) is 9.84. The minimum Gasteiger partial charge on any atom is -0.494 e. The average Bonchev–Trinajstić information content (AvgIpc) is 3.66. The summed E-state index contributed by atoms with van der Waals surface area (Å²) < 4.78 is 12.9. The van der Waals surface area contributed by atoms with Crippen LogP contribution in [0.15, 0.2) is 78.9 Å². The first-order chi connectivity index (χ1) is 19.6. The zero-order chi connectivity index (χ0) is 27.7. The number of aromatic nitrogens is 3. The molecule has 2 heterocycles. The molecular formula is C31H35N5O4. The Morgan fingerprint density at radius 3 is 2.60 bits per heavy atom. The highest BCUT2D eigenvalue weighted by atomic mass is 16.5. The van der Waals surface area contributed by atoms with Crippen LogP contribution in [0.5, 0.6) is 5.75 Å². The van der Waals surface area contributed by atoms with Gasteiger partial charge in [0.25, 0.3) is 0 Å². The van der Waals surface area contributed by atoms with Crippen molar-refractivity contribution < 1.29 is 19.1 Å². The van der Waals surface area contributed by atoms with Gasteiger partial charge in [-0.1, -0.05) is 59.8 Å². The molecule has 0 bridgehead atoms. The van der Waals surface area contributed by atoms with Crippen molar-refractivity contribution in [3.8, 4) is 5.75 Å². The molecule has 0 spiro atoms. The van der Waals surface area contributed by atoms with Crippen molar-refractivity contribution >= 4 is 22.8 Å². The molecule has 0 radical (unpaired) electrons. The first kappa shape index (κ1) is 27.3. The van der Waals surface area contributed by atoms with E-state index in [1.54, 1.807) is 9.58 Å². The molecule has 0 saturated carbocycles. The van der Waals surface area contributed by atoms with Crippen molar-refractivity contribution in [1.29, 1.82) is 0 Å². The molecule has 9 nitrogen and oxygen atoms in total. The Morgan fingerprint density at radius 2 is 1.85 bits per heavy atom. The topological polar surface area (TPSA) is 98.6 Å². The number of fused-ring (bicyclic) bond motifs is 1. The fourth-order valence-electron chi connectivity index (χ4n) is 5.05. The molecule has 1 aliphatic heterocycles. The minimum atomic E-state index is -0.844. The molecule has 1 aromatic heterocycles. The molecule has 1 N–H and O–H groups in total. The Labute approximate surface area is 234 Å². The number of carbonyl (C=O) groups is 2. The monoisotopic (exact) mass is 541 g/mol. The van der Waals surface area contributed by atoms with Crippen LogP contribution in [-0.2, 0) is 27.3 Å². The zero-order valence-corrected chi connectivity index (χ0v) is 22.7. The van der Waals surface area contributed by atoms with Gasteiger partial charge in [0.05, 0.1) is 18.2 Å². The fraction of sp³-hybridized carbons (Fsp3) is 0.355. The summed E-state index contributed by atoms with van der Waals surface area (Å²) in [5.74, 6) is 0.239. The molecule has 40 heavy (non-hydrogen) atoms. The number of ether oxygens (including phenoxy) is 2. The van der Waals surface area contributed by atoms with E-state index in [9.17, 15) is 9.59 Å². The predicted molar refractivity (Wildman–Crippen MR) is 152 cm³/mol. The number of carbonyl (C=O) groups excluding carboxylic acids is 2. The Hall–Kier alpha value is -4.24. The van der Waals surface area contributed by atoms with Crippen LogP contribution in [0, 0.1) is 0 Å². The van der Waals surface area contributed by atoms with Crippen LogP contribution in [0.1, 0.15) is 36.9 Å². The molecule has 9 heteroatoms. The maximum Gasteiger partial charge on any atom is 0.247 e. The summed E-state index contributed by atoms with van der Waals surface area (Å²) in [6.07, 6.45) is 2.47. The zero-order valence-electron chi connectivity index (χ0n) is 22.7. The van der Waals surface area contributed by atoms with Crippen LogP contribution in [0.4, 0.5) is 0 Å². The van der Waals surface area contributed by atoms with E-state index in [0.29, 0.717) is 49.6 Å². The maximum atomic E-state index is 14.0. The number of para-hydroxylation sites is 1. The molecule has 4 aromatic rings. The predicted octanol–water partition coefficient (Wildman–Crippen LogP) is 3.94. The van der Waals surface area contributed by atoms with Crippen LogP contribution in [-0.4, -0.2) is 64.1 Å². The minimum absolute atomic E-state index is 0.0140. The first-order valence-corrected chi connectivity index (χ1v) is 13.9. The highest BCUT2D eigenvalue weighted by Gasteiger charge is 2.32. The molecular weight excluding hydrogens is 506 g/mol. The molecule has 1 fully saturated rings. The van der Waals surface area contributed by atoms with Gasteiger partial charge < -0.3 is 19.7 Å². The van der Waals surface area contributed by atoms with Gasteiger partial charge in [-0.15, -0.1) is 5.10 Å². The van der Waals surface area contributed by atoms with Crippen LogP contribution in [0.2, 0.25) is 0 Å². The van der Waals surface area contributed by atoms with E-state index in [1.807, 2.05) is 85.8 Å². The number of amides is 2. The highest BCUT2D eigenvalue weighted by molar-refractivity contribution is 5.89. The van der Waals surface area contributed by atoms with Crippen molar-refractivity contribution in [3.05, 3.63) is 90.0 Å². The fourth-order valence-corrected chi connectivity index (χ4v) is 5.05. The number of rotatable bonds is 12. The van der Waals surface area contributed by atoms with Gasteiger partial charge in [0.1, 0.15) is 23.9 Å². The summed E-state index contributed by atoms with van der Waals surface area (Å²) in [5.41, 5.74) is 3.26. The summed E-state index contributed by atoms with van der Waals surface area (Å²) in [6, 6.07) is 24.0. The third-order valence-electron chi connectivity index (χ3n) is 7.10. The number of nitrogens with one attached hydrogen (secondary N) is 1. The van der Waals surface area contributed by atoms with Gasteiger partial charge in [0.2, 0.25) is 11.8 Å². The van der Waals surface area contributed by atoms with Gasteiger partial charge in [0, 0.05) is 19.7 Å². The normalized spacial score (nSPS) is 15.6. The second-order valence-electron chi connectivity index (χ2n) is 9.84. The smallest absolute Gasteiger partial charge is 0.247 e. The largest absolute Gasteiger partial charge is 0.494 e. The maximum absolute atomic E-state index is 14.0. The number of hydrogen-bond donors (Lipinski definition) is 1. The Morgan fingerprint density at radius 1 is 1.07 bits per heavy atom. The summed E-state index contributed by atoms with van der Waals surface area (Å²) in [5, 5.41) is 11.5. The van der Waals surface area contributed by atoms with Gasteiger partial charge in [-0.3, -0.25) is 9.59 Å². The lowest BCUT2D eigenvalue weighted by molar-refractivity contribution is -0.141. The second kappa shape index (κ2) is 13.2. The van der Waals surface area contributed by atoms with Crippen molar-refractivity contribution in [3.63, 3.8) is 0 Å². The van der Waals surface area contributed by atoms with Crippen LogP contribution >= 0.6 is 0 Å². The lowest BCUT2D eigenvalue weighted by Gasteiger charge is -2.32. The van der Waals surface area contributed by atoms with Gasteiger partial charge in [-0.2, -0.15) is 0 Å². The Kier molecular flexibility index (Phi) is 9.03. The quantitative estimate of drug-likeness (QED) is 0.292. The first-order valence-electron chi connectivity index (χ1n) is 13.9. The summed E-state index contributed by atoms with van der Waals surface area (Å²) >= 11 is 0. The SMILES string of the molecule is CCOc1ccc([C@@H](C(=O)NC[C@@H]2CCCO2)N(CCc2ccccc2)C(=O)Cn2nnc3ccccc32)cc1. The van der Waals surface area contributed by atoms with Gasteiger partial charge in [-0.05, 0) is 61.6 Å². The third kappa shape index (κ3) is 6.66. The van der Waals surface area contributed by atoms with Crippen molar-refractivity contribution in [2.75, 3.05) is 26.3 Å². The molecule has 1 aliphatic rings. The number of benzene rings is 3. The average molecular weight is 542 g/mol. The van der Waals surface area contributed by atoms with E-state index in [0.717, 1.165) is 23.9 Å². The van der Waals surface area contributed by atoms with E-state index in [4.69, 9.17) is 9.47 Å². The number of hydrogen-bond acceptors (Lipinski definition) is 6. The Bertz CT molecular complexity index is 1400. The van der Waals surface area contributed by atoms with E-state index in [1.165, 1.54) is 0 Å². The van der Waals surface area contributed by atoms with Gasteiger partial charge in [-0.25, -0.2) is 4.68 Å². The summed E-state index contributed by atoms with van der Waals surface area (Å²) in [6.45, 7) is 3.88. The van der Waals surface area contributed by atoms with Gasteiger partial charge in [0.15, 0.2) is 0 Å². The lowest BCUT2D eigenvalue weighted by Crippen LogP contribution is -2.47. The molecule has 2 amide bonds. The van der Waals surface area contributed by atoms with Gasteiger partial charge >= 0.3 is 0 Å². The van der Waals surface area contributed by atoms with Crippen LogP contribution in [0.25, 0.3) is 11.0 Å². The molecule has 1 saturated heterocycles. The van der Waals surface area contributed by atoms with E-state index < -0.39 is 6.04 Å². The summed E-state index contributed by atoms with van der Waals surface area (Å²) in [4.78, 5) is 29.5. The summed E-state index contributed by atoms with van der Waals surface area (Å²) in [7, 11) is 0. The van der Waals surface area contributed by atoms with Crippen molar-refractivity contribution in [2.45, 2.75) is 44.9 Å². The van der Waals surface area contributed by atoms with Crippen molar-refractivity contribution in [2.24, 2.45) is 0 Å². The lowest BCUT2D eigenvalue weighted by atomic mass is 10.0. The van der Waals surface area contributed by atoms with Crippen LogP contribution in [0.3, 0.4) is 0 Å². The third-order valence-corrected chi connectivity index (χ3v) is 7.10. The number of nitrogens with zero attached hydrogens (tertiary/aromatic N) is 4. The molecule has 3 aromatic carbocycles. The van der Waals surface area contributed by atoms with Crippen molar-refractivity contribution in [1.82, 2.24) is 25.2 Å². The highest BCUT2D eigenvalue weighted by Crippen LogP contribution is 2.26. The molecule has 0 aliphatic carbocycles. The van der Waals surface area contributed by atoms with Crippen LogP contribution < -0.4 is 10.1 Å². The molecule has 0 unspecified atom stereocenters. The van der Waals surface area contributed by atoms with E-state index in [2.05, 4.69) is 15.6 Å². The molecule has 5 rings (SSSR count). The standard InChI is InChI=1S/C31H35N5O4/c1-2-39-25-16-14-24(15-17-25)30(31(38)32-21-26-11-8-20-40-26)35(19-18-23-9-4-3-5-10-23)29(37)22-36-28-13-7-6-12-27(28)33-34-36/h3-7,9-10,12-17,26,30H,2,8,11,18-22H2,1H3,(H,32,38)/t26-,30-/m0/s1. The molecule has 2 atom stereocenters. The van der Waals surface area contributed by atoms with E-state index >= 15 is 0 Å². The molecule has 208 valence electrons. The Balaban J connectivity index is 1.46.